The molecule has 0 aliphatic carbocycles. The lowest BCUT2D eigenvalue weighted by Crippen LogP contribution is -2.14. The van der Waals surface area contributed by atoms with Crippen LogP contribution in [0, 0.1) is 0 Å². The standard InChI is InChI=1S/C10H10N4O4S/c1-14-5-9(12-6-14)19(17,18)13-8-2-7(10(15)16)3-11-4-8/h2-6,13H,1H3,(H,15,16). The molecule has 0 aromatic carbocycles. The highest BCUT2D eigenvalue weighted by Crippen LogP contribution is 2.14. The van der Waals surface area contributed by atoms with Crippen LogP contribution in [-0.2, 0) is 17.1 Å². The quantitative estimate of drug-likeness (QED) is 0.834. The molecule has 2 aromatic heterocycles. The molecular weight excluding hydrogens is 272 g/mol. The summed E-state index contributed by atoms with van der Waals surface area (Å²) in [5.74, 6) is -1.19. The van der Waals surface area contributed by atoms with Crippen LogP contribution < -0.4 is 4.72 Å². The number of hydrogen-bond donors (Lipinski definition) is 2. The number of anilines is 1. The molecule has 0 aliphatic rings. The second-order valence-corrected chi connectivity index (χ2v) is 5.38. The van der Waals surface area contributed by atoms with Gasteiger partial charge in [0.25, 0.3) is 10.0 Å². The van der Waals surface area contributed by atoms with Crippen molar-refractivity contribution in [1.82, 2.24) is 14.5 Å². The van der Waals surface area contributed by atoms with Gasteiger partial charge in [0, 0.05) is 19.4 Å². The summed E-state index contributed by atoms with van der Waals surface area (Å²) in [4.78, 5) is 18.1. The van der Waals surface area contributed by atoms with E-state index >= 15 is 0 Å². The van der Waals surface area contributed by atoms with E-state index in [4.69, 9.17) is 5.11 Å². The Morgan fingerprint density at radius 1 is 1.42 bits per heavy atom. The molecule has 0 atom stereocenters. The molecule has 0 saturated heterocycles. The summed E-state index contributed by atoms with van der Waals surface area (Å²) in [6.45, 7) is 0. The van der Waals surface area contributed by atoms with Gasteiger partial charge in [0.05, 0.1) is 23.8 Å². The van der Waals surface area contributed by atoms with E-state index < -0.39 is 16.0 Å². The second kappa shape index (κ2) is 4.69. The topological polar surface area (TPSA) is 114 Å². The third kappa shape index (κ3) is 2.88. The summed E-state index contributed by atoms with van der Waals surface area (Å²) in [5, 5.41) is 8.64. The first-order chi connectivity index (χ1) is 8.88. The van der Waals surface area contributed by atoms with Crippen molar-refractivity contribution in [1.29, 1.82) is 0 Å². The Kier molecular flexibility index (Phi) is 3.21. The SMILES string of the molecule is Cn1cnc(S(=O)(=O)Nc2cncc(C(=O)O)c2)c1. The fraction of sp³-hybridized carbons (Fsp3) is 0.100. The molecule has 0 fully saturated rings. The predicted molar refractivity (Wildman–Crippen MR) is 65.2 cm³/mol. The molecule has 2 rings (SSSR count). The van der Waals surface area contributed by atoms with Crippen molar-refractivity contribution in [3.63, 3.8) is 0 Å². The lowest BCUT2D eigenvalue weighted by Gasteiger charge is -2.05. The molecule has 19 heavy (non-hydrogen) atoms. The number of rotatable bonds is 4. The van der Waals surface area contributed by atoms with Gasteiger partial charge in [-0.1, -0.05) is 0 Å². The molecule has 0 saturated carbocycles. The highest BCUT2D eigenvalue weighted by atomic mass is 32.2. The van der Waals surface area contributed by atoms with Gasteiger partial charge in [0.2, 0.25) is 0 Å². The monoisotopic (exact) mass is 282 g/mol. The van der Waals surface area contributed by atoms with Crippen LogP contribution in [0.15, 0.2) is 36.0 Å². The summed E-state index contributed by atoms with van der Waals surface area (Å²) in [5.41, 5.74) is -0.0493. The number of pyridine rings is 1. The average molecular weight is 282 g/mol. The van der Waals surface area contributed by atoms with E-state index in [9.17, 15) is 13.2 Å². The third-order valence-electron chi connectivity index (χ3n) is 2.19. The number of aromatic carboxylic acids is 1. The van der Waals surface area contributed by atoms with Crippen LogP contribution in [0.1, 0.15) is 10.4 Å². The van der Waals surface area contributed by atoms with Gasteiger partial charge in [0.1, 0.15) is 0 Å². The summed E-state index contributed by atoms with van der Waals surface area (Å²) in [6.07, 6.45) is 5.02. The second-order valence-electron chi connectivity index (χ2n) is 3.75. The van der Waals surface area contributed by atoms with Gasteiger partial charge in [0.15, 0.2) is 5.03 Å². The normalized spacial score (nSPS) is 11.2. The van der Waals surface area contributed by atoms with Gasteiger partial charge in [-0.25, -0.2) is 9.78 Å². The van der Waals surface area contributed by atoms with Crippen LogP contribution in [-0.4, -0.2) is 34.0 Å². The van der Waals surface area contributed by atoms with Crippen LogP contribution in [0.3, 0.4) is 0 Å². The molecule has 0 spiro atoms. The molecule has 2 heterocycles. The maximum atomic E-state index is 11.9. The molecule has 9 heteroatoms. The van der Waals surface area contributed by atoms with Gasteiger partial charge in [-0.15, -0.1) is 0 Å². The lowest BCUT2D eigenvalue weighted by molar-refractivity contribution is 0.0696. The van der Waals surface area contributed by atoms with Crippen molar-refractivity contribution in [3.05, 3.63) is 36.5 Å². The summed E-state index contributed by atoms with van der Waals surface area (Å²) in [6, 6.07) is 1.18. The molecule has 100 valence electrons. The van der Waals surface area contributed by atoms with E-state index in [1.54, 1.807) is 7.05 Å². The zero-order valence-corrected chi connectivity index (χ0v) is 10.6. The Hall–Kier alpha value is -2.42. The fourth-order valence-electron chi connectivity index (χ4n) is 1.35. The Balaban J connectivity index is 2.30. The third-order valence-corrected chi connectivity index (χ3v) is 3.46. The van der Waals surface area contributed by atoms with Crippen molar-refractivity contribution in [2.24, 2.45) is 7.05 Å². The smallest absolute Gasteiger partial charge is 0.337 e. The number of aryl methyl sites for hydroxylation is 1. The molecular formula is C10H10N4O4S. The van der Waals surface area contributed by atoms with E-state index in [2.05, 4.69) is 14.7 Å². The minimum absolute atomic E-state index is 0.0607. The predicted octanol–water partition coefficient (Wildman–Crippen LogP) is 0.314. The van der Waals surface area contributed by atoms with Crippen molar-refractivity contribution in [2.75, 3.05) is 4.72 Å². The van der Waals surface area contributed by atoms with Gasteiger partial charge in [-0.3, -0.25) is 9.71 Å². The average Bonchev–Trinajstić information content (AvgIpc) is 2.76. The molecule has 8 nitrogen and oxygen atoms in total. The highest BCUT2D eigenvalue weighted by Gasteiger charge is 2.17. The van der Waals surface area contributed by atoms with Crippen LogP contribution >= 0.6 is 0 Å². The largest absolute Gasteiger partial charge is 0.478 e. The first kappa shape index (κ1) is 13.0. The summed E-state index contributed by atoms with van der Waals surface area (Å²) < 4.78 is 27.6. The molecule has 0 radical (unpaired) electrons. The number of carbonyl (C=O) groups is 1. The van der Waals surface area contributed by atoms with E-state index in [0.717, 1.165) is 6.20 Å². The zero-order valence-electron chi connectivity index (χ0n) is 9.81. The Morgan fingerprint density at radius 2 is 2.16 bits per heavy atom. The van der Waals surface area contributed by atoms with E-state index in [0.29, 0.717) is 0 Å². The zero-order chi connectivity index (χ0) is 14.0. The van der Waals surface area contributed by atoms with Crippen molar-refractivity contribution < 1.29 is 18.3 Å². The molecule has 0 bridgehead atoms. The number of sulfonamides is 1. The van der Waals surface area contributed by atoms with Gasteiger partial charge >= 0.3 is 5.97 Å². The number of imidazole rings is 1. The van der Waals surface area contributed by atoms with E-state index in [1.165, 1.54) is 29.4 Å². The Labute approximate surface area is 108 Å². The lowest BCUT2D eigenvalue weighted by atomic mass is 10.3. The molecule has 2 N–H and O–H groups in total. The van der Waals surface area contributed by atoms with Crippen LogP contribution in [0.25, 0.3) is 0 Å². The van der Waals surface area contributed by atoms with E-state index in [1.807, 2.05) is 0 Å². The van der Waals surface area contributed by atoms with Gasteiger partial charge in [-0.2, -0.15) is 8.42 Å². The number of hydrogen-bond acceptors (Lipinski definition) is 5. The number of nitrogens with zero attached hydrogens (tertiary/aromatic N) is 3. The number of nitrogens with one attached hydrogen (secondary N) is 1. The first-order valence-corrected chi connectivity index (χ1v) is 6.56. The maximum absolute atomic E-state index is 11.9. The first-order valence-electron chi connectivity index (χ1n) is 5.07. The van der Waals surface area contributed by atoms with Crippen LogP contribution in [0.2, 0.25) is 0 Å². The van der Waals surface area contributed by atoms with Gasteiger partial charge < -0.3 is 9.67 Å². The number of aromatic nitrogens is 3. The molecule has 0 aliphatic heterocycles. The van der Waals surface area contributed by atoms with Gasteiger partial charge in [-0.05, 0) is 6.07 Å². The summed E-state index contributed by atoms with van der Waals surface area (Å²) >= 11 is 0. The maximum Gasteiger partial charge on any atom is 0.337 e. The van der Waals surface area contributed by atoms with Crippen molar-refractivity contribution >= 4 is 21.7 Å². The fourth-order valence-corrected chi connectivity index (χ4v) is 2.37. The molecule has 2 aromatic rings. The summed E-state index contributed by atoms with van der Waals surface area (Å²) in [7, 11) is -2.21. The van der Waals surface area contributed by atoms with Crippen molar-refractivity contribution in [3.8, 4) is 0 Å². The molecule has 0 unspecified atom stereocenters. The van der Waals surface area contributed by atoms with Crippen LogP contribution in [0.5, 0.6) is 0 Å². The molecule has 0 amide bonds. The Morgan fingerprint density at radius 3 is 2.74 bits per heavy atom. The van der Waals surface area contributed by atoms with Crippen LogP contribution in [0.4, 0.5) is 5.69 Å². The Bertz CT molecular complexity index is 723. The minimum atomic E-state index is -3.85. The number of carboxylic acid groups (broad SMARTS) is 1. The minimum Gasteiger partial charge on any atom is -0.478 e. The highest BCUT2D eigenvalue weighted by molar-refractivity contribution is 7.92. The van der Waals surface area contributed by atoms with Crippen molar-refractivity contribution in [2.45, 2.75) is 5.03 Å². The van der Waals surface area contributed by atoms with E-state index in [-0.39, 0.29) is 16.3 Å². The number of carboxylic acids is 1.